The smallest absolute Gasteiger partial charge is 0.179 e. The summed E-state index contributed by atoms with van der Waals surface area (Å²) in [7, 11) is 1.56. The molecule has 208 valence electrons. The Morgan fingerprint density at radius 3 is 2.43 bits per heavy atom. The van der Waals surface area contributed by atoms with Gasteiger partial charge in [-0.15, -0.1) is 0 Å². The van der Waals surface area contributed by atoms with Crippen LogP contribution in [-0.2, 0) is 6.42 Å². The van der Waals surface area contributed by atoms with Crippen LogP contribution in [-0.4, -0.2) is 33.7 Å². The molecule has 0 aliphatic carbocycles. The Kier molecular flexibility index (Phi) is 6.23. The molecular formula is C34H30N6O2. The first-order chi connectivity index (χ1) is 20.6. The van der Waals surface area contributed by atoms with Gasteiger partial charge in [0, 0.05) is 11.3 Å². The maximum absolute atomic E-state index is 10.5. The van der Waals surface area contributed by atoms with Gasteiger partial charge in [0.05, 0.1) is 35.9 Å². The molecule has 5 aromatic rings. The number of hydrogen-bond acceptors (Lipinski definition) is 7. The van der Waals surface area contributed by atoms with Crippen LogP contribution in [0.4, 0.5) is 22.9 Å². The van der Waals surface area contributed by atoms with Crippen LogP contribution in [0, 0.1) is 6.92 Å². The van der Waals surface area contributed by atoms with Crippen LogP contribution in [0.1, 0.15) is 35.3 Å². The highest BCUT2D eigenvalue weighted by atomic mass is 16.5. The quantitative estimate of drug-likeness (QED) is 0.239. The molecule has 0 spiro atoms. The Balaban J connectivity index is 1.48. The third kappa shape index (κ3) is 4.19. The molecule has 42 heavy (non-hydrogen) atoms. The fourth-order valence-corrected chi connectivity index (χ4v) is 5.69. The van der Waals surface area contributed by atoms with Crippen LogP contribution in [0.2, 0.25) is 0 Å². The van der Waals surface area contributed by atoms with Gasteiger partial charge in [-0.05, 0) is 73.0 Å². The van der Waals surface area contributed by atoms with Crippen LogP contribution < -0.4 is 15.0 Å². The zero-order valence-electron chi connectivity index (χ0n) is 23.6. The molecule has 0 unspecified atom stereocenters. The Bertz CT molecular complexity index is 1860. The van der Waals surface area contributed by atoms with Crippen LogP contribution in [0.15, 0.2) is 107 Å². The SMILES string of the molecule is CCc1ccc(NC2=Nc3ccccc3N3C2=Nc2c(c(C)nn2-c2ccccc2)[C@H]3c2ccc(O)c(OC)c2)cc1. The van der Waals surface area contributed by atoms with Crippen molar-refractivity contribution in [3.8, 4) is 17.2 Å². The van der Waals surface area contributed by atoms with Crippen molar-refractivity contribution in [3.63, 3.8) is 0 Å². The van der Waals surface area contributed by atoms with Gasteiger partial charge in [0.1, 0.15) is 0 Å². The molecule has 0 saturated heterocycles. The van der Waals surface area contributed by atoms with Crippen molar-refractivity contribution >= 4 is 34.6 Å². The molecule has 1 atom stereocenters. The van der Waals surface area contributed by atoms with E-state index in [1.165, 1.54) is 5.56 Å². The number of aromatic nitrogens is 2. The van der Waals surface area contributed by atoms with Crippen molar-refractivity contribution in [1.82, 2.24) is 9.78 Å². The molecule has 7 rings (SSSR count). The van der Waals surface area contributed by atoms with Crippen molar-refractivity contribution < 1.29 is 9.84 Å². The number of phenols is 1. The lowest BCUT2D eigenvalue weighted by atomic mass is 9.93. The number of phenolic OH excluding ortho intramolecular Hbond substituents is 1. The van der Waals surface area contributed by atoms with Crippen LogP contribution in [0.3, 0.4) is 0 Å². The second-order valence-electron chi connectivity index (χ2n) is 10.3. The lowest BCUT2D eigenvalue weighted by Crippen LogP contribution is -2.46. The standard InChI is InChI=1S/C34H30N6O2/c1-4-22-14-17-24(18-15-22)35-32-34-37-33-30(21(2)38-40(33)25-10-6-5-7-11-25)31(23-16-19-28(41)29(20-23)42-3)39(34)27-13-9-8-12-26(27)36-32/h5-20,31,41H,4H2,1-3H3,(H,35,36)/t31-/m1/s1. The van der Waals surface area contributed by atoms with Crippen molar-refractivity contribution in [2.24, 2.45) is 9.98 Å². The highest BCUT2D eigenvalue weighted by Gasteiger charge is 2.41. The van der Waals surface area contributed by atoms with E-state index in [2.05, 4.69) is 47.5 Å². The topological polar surface area (TPSA) is 87.3 Å². The van der Waals surface area contributed by atoms with Gasteiger partial charge in [-0.25, -0.2) is 14.7 Å². The molecule has 0 saturated carbocycles. The van der Waals surface area contributed by atoms with E-state index in [9.17, 15) is 5.11 Å². The average Bonchev–Trinajstić information content (AvgIpc) is 3.37. The van der Waals surface area contributed by atoms with E-state index < -0.39 is 0 Å². The normalized spacial score (nSPS) is 15.2. The molecule has 0 bridgehead atoms. The Hall–Kier alpha value is -5.37. The molecule has 0 radical (unpaired) electrons. The summed E-state index contributed by atoms with van der Waals surface area (Å²) in [6.07, 6.45) is 0.971. The van der Waals surface area contributed by atoms with Gasteiger partial charge in [0.25, 0.3) is 0 Å². The predicted octanol–water partition coefficient (Wildman–Crippen LogP) is 7.25. The van der Waals surface area contributed by atoms with Crippen molar-refractivity contribution in [3.05, 3.63) is 119 Å². The first kappa shape index (κ1) is 25.6. The fraction of sp³-hybridized carbons (Fsp3) is 0.147. The van der Waals surface area contributed by atoms with E-state index in [-0.39, 0.29) is 11.8 Å². The summed E-state index contributed by atoms with van der Waals surface area (Å²) in [5.41, 5.74) is 7.62. The molecule has 8 nitrogen and oxygen atoms in total. The predicted molar refractivity (Wildman–Crippen MR) is 167 cm³/mol. The number of hydrogen-bond donors (Lipinski definition) is 2. The maximum Gasteiger partial charge on any atom is 0.179 e. The summed E-state index contributed by atoms with van der Waals surface area (Å²) in [4.78, 5) is 12.6. The van der Waals surface area contributed by atoms with E-state index in [1.807, 2.05) is 72.3 Å². The van der Waals surface area contributed by atoms with Gasteiger partial charge in [-0.1, -0.05) is 55.5 Å². The largest absolute Gasteiger partial charge is 0.504 e. The number of aliphatic imine (C=N–C) groups is 2. The minimum atomic E-state index is -0.324. The molecule has 2 aliphatic heterocycles. The molecule has 8 heteroatoms. The van der Waals surface area contributed by atoms with Gasteiger partial charge >= 0.3 is 0 Å². The maximum atomic E-state index is 10.5. The Labute approximate surface area is 244 Å². The number of para-hydroxylation sites is 3. The summed E-state index contributed by atoms with van der Waals surface area (Å²) in [6, 6.07) is 31.7. The minimum absolute atomic E-state index is 0.0846. The van der Waals surface area contributed by atoms with Crippen molar-refractivity contribution in [2.45, 2.75) is 26.3 Å². The summed E-state index contributed by atoms with van der Waals surface area (Å²) in [5, 5.41) is 19.0. The van der Waals surface area contributed by atoms with Crippen LogP contribution >= 0.6 is 0 Å². The summed E-state index contributed by atoms with van der Waals surface area (Å²) >= 11 is 0. The van der Waals surface area contributed by atoms with Gasteiger partial charge in [-0.2, -0.15) is 5.10 Å². The molecule has 3 heterocycles. The number of fused-ring (bicyclic) bond motifs is 4. The van der Waals surface area contributed by atoms with E-state index in [4.69, 9.17) is 19.8 Å². The van der Waals surface area contributed by atoms with E-state index in [0.29, 0.717) is 17.4 Å². The summed E-state index contributed by atoms with van der Waals surface area (Å²) in [5.74, 6) is 2.53. The number of nitrogens with one attached hydrogen (secondary N) is 1. The first-order valence-corrected chi connectivity index (χ1v) is 14.0. The molecule has 1 aromatic heterocycles. The lowest BCUT2D eigenvalue weighted by molar-refractivity contribution is 0.372. The van der Waals surface area contributed by atoms with E-state index in [1.54, 1.807) is 13.2 Å². The molecule has 4 aromatic carbocycles. The molecule has 0 fully saturated rings. The zero-order chi connectivity index (χ0) is 28.8. The van der Waals surface area contributed by atoms with Gasteiger partial charge < -0.3 is 20.1 Å². The number of amidine groups is 2. The summed E-state index contributed by atoms with van der Waals surface area (Å²) < 4.78 is 7.43. The number of ether oxygens (including phenoxy) is 1. The zero-order valence-corrected chi connectivity index (χ0v) is 23.6. The first-order valence-electron chi connectivity index (χ1n) is 14.0. The number of anilines is 2. The highest BCUT2D eigenvalue weighted by molar-refractivity contribution is 6.51. The van der Waals surface area contributed by atoms with Crippen LogP contribution in [0.25, 0.3) is 5.69 Å². The summed E-state index contributed by atoms with van der Waals surface area (Å²) in [6.45, 7) is 4.16. The second kappa shape index (κ2) is 10.2. The van der Waals surface area contributed by atoms with E-state index >= 15 is 0 Å². The van der Waals surface area contributed by atoms with Gasteiger partial charge in [0.2, 0.25) is 0 Å². The third-order valence-electron chi connectivity index (χ3n) is 7.78. The van der Waals surface area contributed by atoms with Gasteiger partial charge in [-0.3, -0.25) is 0 Å². The second-order valence-corrected chi connectivity index (χ2v) is 10.3. The number of nitrogens with zero attached hydrogens (tertiary/aromatic N) is 5. The average molecular weight is 555 g/mol. The number of aryl methyl sites for hydroxylation is 2. The third-order valence-corrected chi connectivity index (χ3v) is 7.78. The lowest BCUT2D eigenvalue weighted by Gasteiger charge is -2.40. The minimum Gasteiger partial charge on any atom is -0.504 e. The molecule has 2 aliphatic rings. The monoisotopic (exact) mass is 554 g/mol. The number of aromatic hydroxyl groups is 1. The van der Waals surface area contributed by atoms with Crippen molar-refractivity contribution in [2.75, 3.05) is 17.3 Å². The van der Waals surface area contributed by atoms with Crippen LogP contribution in [0.5, 0.6) is 11.5 Å². The Morgan fingerprint density at radius 1 is 0.905 bits per heavy atom. The highest BCUT2D eigenvalue weighted by Crippen LogP contribution is 2.49. The molecule has 2 N–H and O–H groups in total. The van der Waals surface area contributed by atoms with Crippen molar-refractivity contribution in [1.29, 1.82) is 0 Å². The number of benzene rings is 4. The number of methoxy groups -OCH3 is 1. The van der Waals surface area contributed by atoms with Gasteiger partial charge in [0.15, 0.2) is 29.0 Å². The number of rotatable bonds is 5. The Morgan fingerprint density at radius 2 is 1.67 bits per heavy atom. The molecular weight excluding hydrogens is 524 g/mol. The molecule has 0 amide bonds. The van der Waals surface area contributed by atoms with E-state index in [0.717, 1.165) is 51.8 Å². The fourth-order valence-electron chi connectivity index (χ4n) is 5.69.